The van der Waals surface area contributed by atoms with Crippen LogP contribution in [0.3, 0.4) is 0 Å². The van der Waals surface area contributed by atoms with E-state index in [0.29, 0.717) is 0 Å². The van der Waals surface area contributed by atoms with Gasteiger partial charge in [-0.05, 0) is 121 Å². The largest absolute Gasteiger partial charge is 0.497 e. The summed E-state index contributed by atoms with van der Waals surface area (Å²) in [5.41, 5.74) is 8.05. The molecule has 0 radical (unpaired) electrons. The first-order chi connectivity index (χ1) is 22.3. The molecule has 0 aliphatic carbocycles. The first-order valence-electron chi connectivity index (χ1n) is 15.8. The summed E-state index contributed by atoms with van der Waals surface area (Å²) in [6.07, 6.45) is 5.83. The fraction of sp³-hybridized carbons (Fsp3) is 0.300. The molecular formula is C40H46N2O4. The molecule has 0 saturated heterocycles. The van der Waals surface area contributed by atoms with Gasteiger partial charge in [-0.25, -0.2) is 0 Å². The highest BCUT2D eigenvalue weighted by Gasteiger charge is 2.22. The molecule has 4 aromatic carbocycles. The second kappa shape index (κ2) is 16.5. The van der Waals surface area contributed by atoms with Gasteiger partial charge in [0.15, 0.2) is 0 Å². The molecule has 240 valence electrons. The molecular weight excluding hydrogens is 572 g/mol. The highest BCUT2D eigenvalue weighted by Crippen LogP contribution is 2.41. The molecule has 6 nitrogen and oxygen atoms in total. The van der Waals surface area contributed by atoms with Crippen molar-refractivity contribution in [1.29, 1.82) is 0 Å². The minimum absolute atomic E-state index is 0.174. The maximum atomic E-state index is 5.70. The van der Waals surface area contributed by atoms with Gasteiger partial charge in [0.25, 0.3) is 0 Å². The van der Waals surface area contributed by atoms with E-state index in [1.807, 2.05) is 48.8 Å². The monoisotopic (exact) mass is 618 g/mol. The van der Waals surface area contributed by atoms with Crippen LogP contribution in [0.25, 0.3) is 11.1 Å². The zero-order valence-electron chi connectivity index (χ0n) is 28.3. The zero-order valence-corrected chi connectivity index (χ0v) is 28.3. The van der Waals surface area contributed by atoms with E-state index in [1.54, 1.807) is 28.4 Å². The van der Waals surface area contributed by atoms with Crippen molar-refractivity contribution in [2.24, 2.45) is 9.98 Å². The van der Waals surface area contributed by atoms with Gasteiger partial charge >= 0.3 is 0 Å². The zero-order chi connectivity index (χ0) is 33.1. The van der Waals surface area contributed by atoms with Gasteiger partial charge in [0, 0.05) is 35.6 Å². The predicted molar refractivity (Wildman–Crippen MR) is 192 cm³/mol. The molecule has 0 N–H and O–H groups in total. The first-order valence-corrected chi connectivity index (χ1v) is 15.8. The van der Waals surface area contributed by atoms with E-state index in [4.69, 9.17) is 28.9 Å². The van der Waals surface area contributed by atoms with Crippen LogP contribution >= 0.6 is 0 Å². The number of rotatable bonds is 14. The van der Waals surface area contributed by atoms with Crippen molar-refractivity contribution in [2.45, 2.75) is 52.6 Å². The summed E-state index contributed by atoms with van der Waals surface area (Å²) >= 11 is 0. The van der Waals surface area contributed by atoms with Crippen LogP contribution in [0, 0.1) is 0 Å². The Morgan fingerprint density at radius 1 is 0.522 bits per heavy atom. The Morgan fingerprint density at radius 2 is 0.870 bits per heavy atom. The van der Waals surface area contributed by atoms with Gasteiger partial charge < -0.3 is 18.9 Å². The predicted octanol–water partition coefficient (Wildman–Crippen LogP) is 9.16. The van der Waals surface area contributed by atoms with Crippen LogP contribution in [-0.2, 0) is 0 Å². The Morgan fingerprint density at radius 3 is 1.20 bits per heavy atom. The van der Waals surface area contributed by atoms with Gasteiger partial charge in [-0.1, -0.05) is 38.1 Å². The third-order valence-corrected chi connectivity index (χ3v) is 8.18. The minimum Gasteiger partial charge on any atom is -0.497 e. The summed E-state index contributed by atoms with van der Waals surface area (Å²) in [6, 6.07) is 29.1. The van der Waals surface area contributed by atoms with E-state index in [2.05, 4.69) is 76.2 Å². The molecule has 0 aliphatic heterocycles. The Bertz CT molecular complexity index is 1550. The molecule has 0 aliphatic rings. The molecule has 0 unspecified atom stereocenters. The Labute approximate surface area is 274 Å². The molecule has 0 spiro atoms. The lowest BCUT2D eigenvalue weighted by Crippen LogP contribution is -2.06. The lowest BCUT2D eigenvalue weighted by molar-refractivity contribution is 0.414. The summed E-state index contributed by atoms with van der Waals surface area (Å²) in [4.78, 5) is 9.83. The molecule has 0 saturated carbocycles. The van der Waals surface area contributed by atoms with Crippen LogP contribution in [0.4, 0.5) is 0 Å². The standard InChI is InChI=1S/C40H46N2O4/c1-9-27(3)41-25-31-23-35(45-7)19-21-37(31)40(38-22-20-36(46-8)24-32(38)26-42-28(4)10-2)39(29-11-15-33(43-5)16-12-29)30-13-17-34(44-6)18-14-30/h11-28H,9-10H2,1-8H3/t27-,28-/m1/s1. The van der Waals surface area contributed by atoms with Crippen LogP contribution in [0.15, 0.2) is 94.9 Å². The van der Waals surface area contributed by atoms with Crippen LogP contribution in [-0.4, -0.2) is 53.0 Å². The minimum atomic E-state index is 0.174. The third kappa shape index (κ3) is 8.25. The molecule has 0 amide bonds. The van der Waals surface area contributed by atoms with Crippen molar-refractivity contribution in [3.05, 3.63) is 118 Å². The van der Waals surface area contributed by atoms with Crippen LogP contribution < -0.4 is 18.9 Å². The Balaban J connectivity index is 2.21. The molecule has 2 atom stereocenters. The smallest absolute Gasteiger partial charge is 0.119 e. The van der Waals surface area contributed by atoms with Crippen molar-refractivity contribution in [1.82, 2.24) is 0 Å². The number of aliphatic imine (C=N–C) groups is 2. The fourth-order valence-corrected chi connectivity index (χ4v) is 5.02. The maximum absolute atomic E-state index is 5.70. The molecule has 0 heterocycles. The lowest BCUT2D eigenvalue weighted by atomic mass is 9.82. The average Bonchev–Trinajstić information content (AvgIpc) is 3.11. The summed E-state index contributed by atoms with van der Waals surface area (Å²) in [5, 5.41) is 0. The molecule has 4 aromatic rings. The third-order valence-electron chi connectivity index (χ3n) is 8.18. The van der Waals surface area contributed by atoms with Crippen LogP contribution in [0.2, 0.25) is 0 Å². The summed E-state index contributed by atoms with van der Waals surface area (Å²) in [6.45, 7) is 8.54. The molecule has 46 heavy (non-hydrogen) atoms. The van der Waals surface area contributed by atoms with E-state index in [-0.39, 0.29) is 12.1 Å². The van der Waals surface area contributed by atoms with E-state index in [1.165, 1.54) is 0 Å². The van der Waals surface area contributed by atoms with Crippen molar-refractivity contribution < 1.29 is 18.9 Å². The Hall–Kier alpha value is -4.84. The number of hydrogen-bond acceptors (Lipinski definition) is 6. The molecule has 0 bridgehead atoms. The highest BCUT2D eigenvalue weighted by molar-refractivity contribution is 6.10. The fourth-order valence-electron chi connectivity index (χ4n) is 5.02. The SMILES string of the molecule is CC[C@@H](C)N=Cc1cc(OC)ccc1C(=C(c1ccc(OC)cc1)c1ccc(OC)cc1)c1ccc(OC)cc1C=N[C@H](C)CC. The molecule has 0 fully saturated rings. The summed E-state index contributed by atoms with van der Waals surface area (Å²) in [7, 11) is 6.74. The average molecular weight is 619 g/mol. The summed E-state index contributed by atoms with van der Waals surface area (Å²) < 4.78 is 22.5. The molecule has 0 aromatic heterocycles. The number of methoxy groups -OCH3 is 4. The summed E-state index contributed by atoms with van der Waals surface area (Å²) in [5.74, 6) is 3.10. The van der Waals surface area contributed by atoms with Crippen molar-refractivity contribution in [3.8, 4) is 23.0 Å². The topological polar surface area (TPSA) is 61.6 Å². The van der Waals surface area contributed by atoms with E-state index >= 15 is 0 Å². The second-order valence-electron chi connectivity index (χ2n) is 11.2. The van der Waals surface area contributed by atoms with Crippen LogP contribution in [0.1, 0.15) is 73.9 Å². The van der Waals surface area contributed by atoms with Crippen molar-refractivity contribution in [3.63, 3.8) is 0 Å². The van der Waals surface area contributed by atoms with Gasteiger partial charge in [-0.15, -0.1) is 0 Å². The number of benzene rings is 4. The van der Waals surface area contributed by atoms with Gasteiger partial charge in [-0.3, -0.25) is 9.98 Å². The van der Waals surface area contributed by atoms with Gasteiger partial charge in [0.1, 0.15) is 23.0 Å². The van der Waals surface area contributed by atoms with E-state index < -0.39 is 0 Å². The number of ether oxygens (including phenoxy) is 4. The van der Waals surface area contributed by atoms with Gasteiger partial charge in [0.2, 0.25) is 0 Å². The number of nitrogens with zero attached hydrogens (tertiary/aromatic N) is 2. The first kappa shape index (κ1) is 34.0. The lowest BCUT2D eigenvalue weighted by Gasteiger charge is -2.22. The normalized spacial score (nSPS) is 12.6. The van der Waals surface area contributed by atoms with Crippen molar-refractivity contribution >= 4 is 23.6 Å². The highest BCUT2D eigenvalue weighted by atomic mass is 16.5. The van der Waals surface area contributed by atoms with E-state index in [0.717, 1.165) is 80.4 Å². The molecule has 6 heteroatoms. The maximum Gasteiger partial charge on any atom is 0.119 e. The van der Waals surface area contributed by atoms with Gasteiger partial charge in [0.05, 0.1) is 28.4 Å². The molecule has 4 rings (SSSR count). The number of hydrogen-bond donors (Lipinski definition) is 0. The Kier molecular flexibility index (Phi) is 12.2. The van der Waals surface area contributed by atoms with Gasteiger partial charge in [-0.2, -0.15) is 0 Å². The van der Waals surface area contributed by atoms with E-state index in [9.17, 15) is 0 Å². The quantitative estimate of drug-likeness (QED) is 0.104. The second-order valence-corrected chi connectivity index (χ2v) is 11.2. The van der Waals surface area contributed by atoms with Crippen molar-refractivity contribution in [2.75, 3.05) is 28.4 Å². The van der Waals surface area contributed by atoms with Crippen LogP contribution in [0.5, 0.6) is 23.0 Å².